The van der Waals surface area contributed by atoms with Crippen molar-refractivity contribution in [3.63, 3.8) is 0 Å². The van der Waals surface area contributed by atoms with Gasteiger partial charge in [-0.25, -0.2) is 9.18 Å². The summed E-state index contributed by atoms with van der Waals surface area (Å²) in [7, 11) is 1.46. The summed E-state index contributed by atoms with van der Waals surface area (Å²) in [5.41, 5.74) is 0.106. The highest BCUT2D eigenvalue weighted by Crippen LogP contribution is 2.27. The number of fused-ring (bicyclic) bond motifs is 1. The molecular weight excluding hydrogens is 409 g/mol. The van der Waals surface area contributed by atoms with Gasteiger partial charge < -0.3 is 4.90 Å². The number of aromatic nitrogens is 4. The molecule has 1 fully saturated rings. The van der Waals surface area contributed by atoms with Gasteiger partial charge in [0.2, 0.25) is 5.95 Å². The molecule has 0 spiro atoms. The Kier molecular flexibility index (Phi) is 5.69. The van der Waals surface area contributed by atoms with Crippen LogP contribution in [0.5, 0.6) is 0 Å². The topological polar surface area (TPSA) is 65.1 Å². The lowest BCUT2D eigenvalue weighted by molar-refractivity contribution is 0.556. The molecule has 0 N–H and O–H groups in total. The van der Waals surface area contributed by atoms with E-state index < -0.39 is 17.1 Å². The molecule has 1 aliphatic heterocycles. The van der Waals surface area contributed by atoms with E-state index in [-0.39, 0.29) is 6.54 Å². The van der Waals surface area contributed by atoms with Crippen molar-refractivity contribution in [3.8, 4) is 0 Å². The fraction of sp³-hybridized carbons (Fsp3) is 0.476. The van der Waals surface area contributed by atoms with E-state index >= 15 is 0 Å². The highest BCUT2D eigenvalue weighted by atomic mass is 35.5. The quantitative estimate of drug-likeness (QED) is 0.620. The van der Waals surface area contributed by atoms with Crippen LogP contribution in [0, 0.1) is 5.82 Å². The lowest BCUT2D eigenvalue weighted by Gasteiger charge is -2.28. The molecule has 3 aromatic rings. The van der Waals surface area contributed by atoms with E-state index in [1.807, 2.05) is 6.92 Å². The van der Waals surface area contributed by atoms with Crippen molar-refractivity contribution in [2.24, 2.45) is 7.05 Å². The summed E-state index contributed by atoms with van der Waals surface area (Å²) in [6.45, 7) is 4.07. The maximum atomic E-state index is 14.6. The molecule has 1 aromatic carbocycles. The fourth-order valence-corrected chi connectivity index (χ4v) is 4.32. The van der Waals surface area contributed by atoms with Gasteiger partial charge in [-0.2, -0.15) is 4.98 Å². The van der Waals surface area contributed by atoms with Crippen molar-refractivity contribution in [2.45, 2.75) is 45.7 Å². The van der Waals surface area contributed by atoms with Crippen molar-refractivity contribution in [1.29, 1.82) is 0 Å². The first-order valence-electron chi connectivity index (χ1n) is 10.3. The minimum Gasteiger partial charge on any atom is -0.342 e. The zero-order valence-corrected chi connectivity index (χ0v) is 18.0. The predicted molar refractivity (Wildman–Crippen MR) is 116 cm³/mol. The van der Waals surface area contributed by atoms with Crippen LogP contribution < -0.4 is 16.1 Å². The second-order valence-electron chi connectivity index (χ2n) is 7.72. The average Bonchev–Trinajstić information content (AvgIpc) is 3.12. The molecule has 0 aliphatic carbocycles. The zero-order chi connectivity index (χ0) is 21.4. The Morgan fingerprint density at radius 3 is 2.53 bits per heavy atom. The molecule has 3 heterocycles. The van der Waals surface area contributed by atoms with Crippen molar-refractivity contribution in [2.75, 3.05) is 18.0 Å². The van der Waals surface area contributed by atoms with Crippen LogP contribution in [0.1, 0.15) is 38.2 Å². The van der Waals surface area contributed by atoms with Crippen LogP contribution in [0.4, 0.5) is 10.3 Å². The summed E-state index contributed by atoms with van der Waals surface area (Å²) in [6.07, 6.45) is 3.89. The van der Waals surface area contributed by atoms with E-state index in [9.17, 15) is 14.0 Å². The number of hydrogen-bond acceptors (Lipinski definition) is 4. The van der Waals surface area contributed by atoms with Crippen molar-refractivity contribution < 1.29 is 4.39 Å². The number of halogens is 2. The molecule has 1 saturated heterocycles. The van der Waals surface area contributed by atoms with Gasteiger partial charge >= 0.3 is 5.69 Å². The normalized spacial score (nSPS) is 14.6. The maximum absolute atomic E-state index is 14.6. The van der Waals surface area contributed by atoms with Gasteiger partial charge in [0.1, 0.15) is 5.82 Å². The predicted octanol–water partition coefficient (Wildman–Crippen LogP) is 3.14. The molecule has 0 amide bonds. The smallest absolute Gasteiger partial charge is 0.332 e. The molecule has 30 heavy (non-hydrogen) atoms. The van der Waals surface area contributed by atoms with Crippen LogP contribution in [0.2, 0.25) is 5.02 Å². The maximum Gasteiger partial charge on any atom is 0.332 e. The number of aryl methyl sites for hydroxylation is 1. The Morgan fingerprint density at radius 1 is 1.13 bits per heavy atom. The van der Waals surface area contributed by atoms with Gasteiger partial charge in [0.25, 0.3) is 5.56 Å². The molecule has 7 nitrogen and oxygen atoms in total. The molecular formula is C21H25ClFN5O2. The Hall–Kier alpha value is -2.61. The van der Waals surface area contributed by atoms with Gasteiger partial charge in [-0.1, -0.05) is 24.6 Å². The standard InChI is InChI=1S/C21H25ClFN5O2/c1-3-10-27-18-17(19(29)25(2)21(27)30)28(13-14-15(22)8-7-9-16(14)23)20(24-18)26-11-5-4-6-12-26/h7-9H,3-6,10-13H2,1-2H3. The van der Waals surface area contributed by atoms with Crippen LogP contribution in [0.25, 0.3) is 11.2 Å². The number of hydrogen-bond donors (Lipinski definition) is 0. The summed E-state index contributed by atoms with van der Waals surface area (Å²) < 4.78 is 18.9. The largest absolute Gasteiger partial charge is 0.342 e. The first-order valence-corrected chi connectivity index (χ1v) is 10.7. The summed E-state index contributed by atoms with van der Waals surface area (Å²) in [6, 6.07) is 4.54. The van der Waals surface area contributed by atoms with E-state index in [0.29, 0.717) is 34.2 Å². The lowest BCUT2D eigenvalue weighted by Crippen LogP contribution is -2.39. The molecule has 4 rings (SSSR count). The Balaban J connectivity index is 2.02. The fourth-order valence-electron chi connectivity index (χ4n) is 4.10. The van der Waals surface area contributed by atoms with E-state index in [4.69, 9.17) is 16.6 Å². The molecule has 0 radical (unpaired) electrons. The number of nitrogens with zero attached hydrogens (tertiary/aromatic N) is 5. The Labute approximate surface area is 178 Å². The third-order valence-corrected chi connectivity index (χ3v) is 6.03. The van der Waals surface area contributed by atoms with Crippen LogP contribution in [0.15, 0.2) is 27.8 Å². The average molecular weight is 434 g/mol. The number of piperidine rings is 1. The number of imidazole rings is 1. The van der Waals surface area contributed by atoms with Gasteiger partial charge in [-0.3, -0.25) is 18.5 Å². The van der Waals surface area contributed by atoms with Gasteiger partial charge in [0.15, 0.2) is 11.2 Å². The zero-order valence-electron chi connectivity index (χ0n) is 17.2. The minimum absolute atomic E-state index is 0.0629. The minimum atomic E-state index is -0.439. The van der Waals surface area contributed by atoms with E-state index in [1.54, 1.807) is 16.7 Å². The third kappa shape index (κ3) is 3.43. The first kappa shape index (κ1) is 20.7. The second-order valence-corrected chi connectivity index (χ2v) is 8.12. The van der Waals surface area contributed by atoms with Gasteiger partial charge in [-0.05, 0) is 37.8 Å². The van der Waals surface area contributed by atoms with E-state index in [0.717, 1.165) is 43.3 Å². The molecule has 160 valence electrons. The highest BCUT2D eigenvalue weighted by Gasteiger charge is 2.25. The van der Waals surface area contributed by atoms with Crippen molar-refractivity contribution in [1.82, 2.24) is 18.7 Å². The molecule has 1 aliphatic rings. The lowest BCUT2D eigenvalue weighted by atomic mass is 10.1. The number of benzene rings is 1. The number of rotatable bonds is 5. The molecule has 0 bridgehead atoms. The van der Waals surface area contributed by atoms with Crippen LogP contribution in [0.3, 0.4) is 0 Å². The third-order valence-electron chi connectivity index (χ3n) is 5.67. The molecule has 0 atom stereocenters. The van der Waals surface area contributed by atoms with Crippen molar-refractivity contribution in [3.05, 3.63) is 55.4 Å². The van der Waals surface area contributed by atoms with Gasteiger partial charge in [0, 0.05) is 37.3 Å². The van der Waals surface area contributed by atoms with E-state index in [1.165, 1.54) is 17.7 Å². The van der Waals surface area contributed by atoms with Crippen molar-refractivity contribution >= 4 is 28.7 Å². The highest BCUT2D eigenvalue weighted by molar-refractivity contribution is 6.31. The SMILES string of the molecule is CCCn1c(=O)n(C)c(=O)c2c1nc(N1CCCCC1)n2Cc1c(F)cccc1Cl. The van der Waals surface area contributed by atoms with Crippen LogP contribution >= 0.6 is 11.6 Å². The first-order chi connectivity index (χ1) is 14.4. The molecule has 0 unspecified atom stereocenters. The van der Waals surface area contributed by atoms with E-state index in [2.05, 4.69) is 4.90 Å². The number of anilines is 1. The summed E-state index contributed by atoms with van der Waals surface area (Å²) in [5, 5.41) is 0.292. The summed E-state index contributed by atoms with van der Waals surface area (Å²) in [5.74, 6) is 0.143. The summed E-state index contributed by atoms with van der Waals surface area (Å²) >= 11 is 6.29. The monoisotopic (exact) mass is 433 g/mol. The van der Waals surface area contributed by atoms with Gasteiger partial charge in [-0.15, -0.1) is 0 Å². The van der Waals surface area contributed by atoms with Gasteiger partial charge in [0.05, 0.1) is 6.54 Å². The molecule has 0 saturated carbocycles. The molecule has 2 aromatic heterocycles. The Bertz CT molecular complexity index is 1190. The molecule has 9 heteroatoms. The summed E-state index contributed by atoms with van der Waals surface area (Å²) in [4.78, 5) is 32.7. The van der Waals surface area contributed by atoms with Crippen LogP contribution in [-0.4, -0.2) is 31.8 Å². The Morgan fingerprint density at radius 2 is 1.87 bits per heavy atom. The second kappa shape index (κ2) is 8.26. The van der Waals surface area contributed by atoms with Crippen LogP contribution in [-0.2, 0) is 20.1 Å².